The average Bonchev–Trinajstić information content (AvgIpc) is 2.54. The molecule has 0 spiro atoms. The van der Waals surface area contributed by atoms with E-state index >= 15 is 0 Å². The van der Waals surface area contributed by atoms with E-state index in [4.69, 9.17) is 4.74 Å². The number of nitrogens with one attached hydrogen (secondary N) is 1. The van der Waals surface area contributed by atoms with Crippen LogP contribution in [0.3, 0.4) is 0 Å². The second-order valence-electron chi connectivity index (χ2n) is 5.29. The normalized spacial score (nSPS) is 11.4. The fourth-order valence-electron chi connectivity index (χ4n) is 2.18. The summed E-state index contributed by atoms with van der Waals surface area (Å²) in [6, 6.07) is 7.57. The van der Waals surface area contributed by atoms with E-state index in [1.165, 1.54) is 0 Å². The molecule has 0 aliphatic heterocycles. The lowest BCUT2D eigenvalue weighted by Crippen LogP contribution is -2.13. The number of rotatable bonds is 7. The van der Waals surface area contributed by atoms with Gasteiger partial charge in [-0.3, -0.25) is 0 Å². The molecule has 2 aromatic rings. The van der Waals surface area contributed by atoms with Crippen molar-refractivity contribution in [3.05, 3.63) is 41.6 Å². The molecule has 0 fully saturated rings. The summed E-state index contributed by atoms with van der Waals surface area (Å²) >= 11 is 0. The van der Waals surface area contributed by atoms with Gasteiger partial charge in [-0.2, -0.15) is 18.2 Å². The first kappa shape index (κ1) is 18.0. The lowest BCUT2D eigenvalue weighted by atomic mass is 10.1. The van der Waals surface area contributed by atoms with Crippen LogP contribution in [0.2, 0.25) is 0 Å². The van der Waals surface area contributed by atoms with Gasteiger partial charge >= 0.3 is 6.18 Å². The molecule has 7 heteroatoms. The third-order valence-corrected chi connectivity index (χ3v) is 3.29. The predicted octanol–water partition coefficient (Wildman–Crippen LogP) is 4.98. The molecule has 1 aromatic heterocycles. The Morgan fingerprint density at radius 3 is 2.54 bits per heavy atom. The van der Waals surface area contributed by atoms with E-state index in [9.17, 15) is 13.2 Å². The Labute approximate surface area is 139 Å². The number of hydrogen-bond acceptors (Lipinski definition) is 4. The van der Waals surface area contributed by atoms with E-state index in [1.807, 2.05) is 31.2 Å². The molecule has 0 radical (unpaired) electrons. The zero-order valence-electron chi connectivity index (χ0n) is 13.7. The highest BCUT2D eigenvalue weighted by atomic mass is 19.4. The minimum atomic E-state index is -4.55. The van der Waals surface area contributed by atoms with Crippen LogP contribution < -0.4 is 10.1 Å². The Morgan fingerprint density at radius 1 is 1.12 bits per heavy atom. The Hall–Kier alpha value is -2.31. The molecule has 4 nitrogen and oxygen atoms in total. The van der Waals surface area contributed by atoms with E-state index in [1.54, 1.807) is 0 Å². The second kappa shape index (κ2) is 7.99. The quantitative estimate of drug-likeness (QED) is 0.773. The maximum Gasteiger partial charge on any atom is 0.423 e. The second-order valence-corrected chi connectivity index (χ2v) is 5.29. The monoisotopic (exact) mass is 339 g/mol. The van der Waals surface area contributed by atoms with Gasteiger partial charge in [0, 0.05) is 11.9 Å². The zero-order valence-corrected chi connectivity index (χ0v) is 13.7. The predicted molar refractivity (Wildman–Crippen MR) is 86.5 cm³/mol. The van der Waals surface area contributed by atoms with Gasteiger partial charge in [-0.15, -0.1) is 0 Å². The van der Waals surface area contributed by atoms with Gasteiger partial charge in [-0.25, -0.2) is 4.98 Å². The number of hydrogen-bond donors (Lipinski definition) is 1. The van der Waals surface area contributed by atoms with E-state index in [2.05, 4.69) is 22.2 Å². The first-order chi connectivity index (χ1) is 11.5. The molecule has 0 aliphatic rings. The van der Waals surface area contributed by atoms with Gasteiger partial charge in [-0.1, -0.05) is 38.5 Å². The summed E-state index contributed by atoms with van der Waals surface area (Å²) in [6.45, 7) is 4.03. The molecule has 2 rings (SSSR count). The smallest absolute Gasteiger partial charge is 0.423 e. The van der Waals surface area contributed by atoms with Crippen LogP contribution in [-0.4, -0.2) is 16.6 Å². The average molecular weight is 339 g/mol. The van der Waals surface area contributed by atoms with Gasteiger partial charge in [-0.05, 0) is 24.5 Å². The van der Waals surface area contributed by atoms with E-state index in [0.29, 0.717) is 6.42 Å². The highest BCUT2D eigenvalue weighted by Gasteiger charge is 2.36. The number of anilines is 2. The Kier molecular flexibility index (Phi) is 6.00. The van der Waals surface area contributed by atoms with Crippen LogP contribution in [0, 0.1) is 0 Å². The highest BCUT2D eigenvalue weighted by molar-refractivity contribution is 5.59. The third-order valence-electron chi connectivity index (χ3n) is 3.29. The fraction of sp³-hybridized carbons (Fsp3) is 0.412. The molecule has 0 amide bonds. The lowest BCUT2D eigenvalue weighted by molar-refractivity contribution is -0.139. The Bertz CT molecular complexity index is 674. The van der Waals surface area contributed by atoms with Crippen LogP contribution >= 0.6 is 0 Å². The number of aromatic nitrogens is 2. The summed E-state index contributed by atoms with van der Waals surface area (Å²) in [7, 11) is 0. The van der Waals surface area contributed by atoms with E-state index < -0.39 is 17.6 Å². The third kappa shape index (κ3) is 4.59. The van der Waals surface area contributed by atoms with Gasteiger partial charge in [0.05, 0.1) is 6.61 Å². The maximum atomic E-state index is 13.0. The summed E-state index contributed by atoms with van der Waals surface area (Å²) in [5, 5.41) is 2.98. The molecule has 130 valence electrons. The minimum absolute atomic E-state index is 0.0812. The van der Waals surface area contributed by atoms with Gasteiger partial charge in [0.2, 0.25) is 11.8 Å². The van der Waals surface area contributed by atoms with Crippen LogP contribution in [-0.2, 0) is 12.6 Å². The molecule has 1 N–H and O–H groups in total. The number of nitrogens with zero attached hydrogens (tertiary/aromatic N) is 2. The Morgan fingerprint density at radius 2 is 1.88 bits per heavy atom. The fourth-order valence-corrected chi connectivity index (χ4v) is 2.18. The molecule has 24 heavy (non-hydrogen) atoms. The first-order valence-corrected chi connectivity index (χ1v) is 7.87. The number of alkyl halides is 3. The maximum absolute atomic E-state index is 13.0. The van der Waals surface area contributed by atoms with E-state index in [0.717, 1.165) is 30.3 Å². The largest absolute Gasteiger partial charge is 0.477 e. The molecule has 0 unspecified atom stereocenters. The number of ether oxygens (including phenoxy) is 1. The summed E-state index contributed by atoms with van der Waals surface area (Å²) in [6.07, 6.45) is -1.41. The van der Waals surface area contributed by atoms with Crippen molar-refractivity contribution >= 4 is 11.6 Å². The topological polar surface area (TPSA) is 47.0 Å². The molecule has 0 aliphatic carbocycles. The molecule has 0 bridgehead atoms. The van der Waals surface area contributed by atoms with Crippen LogP contribution in [0.15, 0.2) is 30.5 Å². The summed E-state index contributed by atoms with van der Waals surface area (Å²) in [5.74, 6) is -0.368. The van der Waals surface area contributed by atoms with E-state index in [-0.39, 0.29) is 12.6 Å². The van der Waals surface area contributed by atoms with Gasteiger partial charge in [0.1, 0.15) is 5.56 Å². The van der Waals surface area contributed by atoms with Gasteiger partial charge in [0.25, 0.3) is 0 Å². The summed E-state index contributed by atoms with van der Waals surface area (Å²) < 4.78 is 44.2. The van der Waals surface area contributed by atoms with Crippen molar-refractivity contribution in [3.8, 4) is 5.88 Å². The number of aryl methyl sites for hydroxylation is 1. The van der Waals surface area contributed by atoms with Crippen molar-refractivity contribution in [2.24, 2.45) is 0 Å². The summed E-state index contributed by atoms with van der Waals surface area (Å²) in [5.41, 5.74) is 0.864. The van der Waals surface area contributed by atoms with Crippen molar-refractivity contribution in [2.75, 3.05) is 11.9 Å². The number of benzene rings is 1. The molecular formula is C17H20F3N3O. The zero-order chi connectivity index (χ0) is 17.6. The highest BCUT2D eigenvalue weighted by Crippen LogP contribution is 2.35. The minimum Gasteiger partial charge on any atom is -0.477 e. The van der Waals surface area contributed by atoms with Crippen LogP contribution in [0.4, 0.5) is 24.8 Å². The standard InChI is InChI=1S/C17H20F3N3O/c1-3-7-12-8-5-6-9-14(12)22-16-21-11-13(17(18,19)20)15(23-16)24-10-4-2/h5-6,8-9,11H,3-4,7,10H2,1-2H3,(H,21,22,23). The van der Waals surface area contributed by atoms with Gasteiger partial charge in [0.15, 0.2) is 0 Å². The molecule has 0 atom stereocenters. The Balaban J connectivity index is 2.31. The molecule has 1 heterocycles. The van der Waals surface area contributed by atoms with Crippen molar-refractivity contribution < 1.29 is 17.9 Å². The molecule has 0 saturated heterocycles. The molecule has 0 saturated carbocycles. The van der Waals surface area contributed by atoms with Crippen LogP contribution in [0.1, 0.15) is 37.8 Å². The molecule has 1 aromatic carbocycles. The lowest BCUT2D eigenvalue weighted by Gasteiger charge is -2.15. The van der Waals surface area contributed by atoms with Crippen molar-refractivity contribution in [2.45, 2.75) is 39.3 Å². The number of para-hydroxylation sites is 1. The SMILES string of the molecule is CCCOc1nc(Nc2ccccc2CCC)ncc1C(F)(F)F. The first-order valence-electron chi connectivity index (χ1n) is 7.87. The van der Waals surface area contributed by atoms with Crippen molar-refractivity contribution in [1.82, 2.24) is 9.97 Å². The van der Waals surface area contributed by atoms with Crippen LogP contribution in [0.25, 0.3) is 0 Å². The summed E-state index contributed by atoms with van der Waals surface area (Å²) in [4.78, 5) is 7.70. The van der Waals surface area contributed by atoms with Crippen LogP contribution in [0.5, 0.6) is 5.88 Å². The van der Waals surface area contributed by atoms with Gasteiger partial charge < -0.3 is 10.1 Å². The van der Waals surface area contributed by atoms with Crippen molar-refractivity contribution in [1.29, 1.82) is 0 Å². The number of halogens is 3. The molecular weight excluding hydrogens is 319 g/mol. The van der Waals surface area contributed by atoms with Crippen molar-refractivity contribution in [3.63, 3.8) is 0 Å².